The van der Waals surface area contributed by atoms with Gasteiger partial charge in [0.1, 0.15) is 5.75 Å². The maximum Gasteiger partial charge on any atom is 0.257 e. The van der Waals surface area contributed by atoms with Crippen LogP contribution in [0.15, 0.2) is 24.3 Å². The lowest BCUT2D eigenvalue weighted by Crippen LogP contribution is -2.47. The molecule has 1 rings (SSSR count). The average Bonchev–Trinajstić information content (AvgIpc) is 2.35. The lowest BCUT2D eigenvalue weighted by atomic mass is 10.2. The van der Waals surface area contributed by atoms with Crippen LogP contribution >= 0.6 is 34.8 Å². The summed E-state index contributed by atoms with van der Waals surface area (Å²) in [5.41, 5.74) is -1.06. The Morgan fingerprint density at radius 1 is 1.47 bits per heavy atom. The number of halogens is 3. The van der Waals surface area contributed by atoms with Crippen LogP contribution in [0.4, 0.5) is 0 Å². The third kappa shape index (κ3) is 4.73. The molecule has 0 heterocycles. The Morgan fingerprint density at radius 2 is 2.11 bits per heavy atom. The number of rotatable bonds is 6. The fraction of sp³-hybridized carbons (Fsp3) is 0.417. The number of phenols is 1. The van der Waals surface area contributed by atoms with Crippen LogP contribution in [0.25, 0.3) is 0 Å². The standard InChI is InChI=1S/C12H14Cl3NO3/c1-2-7-19-11(13)12(14,15)16-10(18)8-5-3-4-6-9(8)17/h3-6,11,17H,2,7H2,1H3,(H,16,18). The highest BCUT2D eigenvalue weighted by atomic mass is 35.5. The summed E-state index contributed by atoms with van der Waals surface area (Å²) in [6, 6.07) is 6.01. The van der Waals surface area contributed by atoms with Crippen LogP contribution in [0, 0.1) is 0 Å². The number of alkyl halides is 3. The van der Waals surface area contributed by atoms with Gasteiger partial charge in [0.25, 0.3) is 5.91 Å². The molecule has 0 fully saturated rings. The van der Waals surface area contributed by atoms with Crippen LogP contribution in [0.5, 0.6) is 5.75 Å². The van der Waals surface area contributed by atoms with Crippen LogP contribution in [0.3, 0.4) is 0 Å². The molecule has 0 spiro atoms. The average molecular weight is 327 g/mol. The Hall–Kier alpha value is -0.680. The van der Waals surface area contributed by atoms with Gasteiger partial charge in [-0.25, -0.2) is 0 Å². The molecule has 0 radical (unpaired) electrons. The van der Waals surface area contributed by atoms with Gasteiger partial charge in [-0.1, -0.05) is 53.9 Å². The number of hydrogen-bond acceptors (Lipinski definition) is 3. The van der Waals surface area contributed by atoms with E-state index in [0.717, 1.165) is 6.42 Å². The molecule has 1 amide bonds. The van der Waals surface area contributed by atoms with Gasteiger partial charge in [-0.3, -0.25) is 4.79 Å². The maximum atomic E-state index is 11.9. The van der Waals surface area contributed by atoms with Crippen molar-refractivity contribution in [3.63, 3.8) is 0 Å². The second-order valence-corrected chi connectivity index (χ2v) is 5.56. The molecule has 0 saturated carbocycles. The van der Waals surface area contributed by atoms with Crippen molar-refractivity contribution in [2.45, 2.75) is 23.4 Å². The highest BCUT2D eigenvalue weighted by Gasteiger charge is 2.36. The highest BCUT2D eigenvalue weighted by molar-refractivity contribution is 6.52. The molecule has 7 heteroatoms. The quantitative estimate of drug-likeness (QED) is 0.623. The number of carbonyl (C=O) groups excluding carboxylic acids is 1. The molecule has 1 unspecified atom stereocenters. The molecule has 0 aliphatic rings. The second kappa shape index (κ2) is 7.20. The summed E-state index contributed by atoms with van der Waals surface area (Å²) in [5.74, 6) is -0.821. The van der Waals surface area contributed by atoms with Gasteiger partial charge < -0.3 is 15.2 Å². The lowest BCUT2D eigenvalue weighted by molar-refractivity contribution is 0.0760. The first kappa shape index (κ1) is 16.4. The van der Waals surface area contributed by atoms with Crippen molar-refractivity contribution < 1.29 is 14.6 Å². The summed E-state index contributed by atoms with van der Waals surface area (Å²) in [6.45, 7) is 2.26. The number of ether oxygens (including phenoxy) is 1. The van der Waals surface area contributed by atoms with Gasteiger partial charge >= 0.3 is 0 Å². The van der Waals surface area contributed by atoms with Gasteiger partial charge in [-0.2, -0.15) is 0 Å². The summed E-state index contributed by atoms with van der Waals surface area (Å²) < 4.78 is 3.35. The van der Waals surface area contributed by atoms with E-state index in [4.69, 9.17) is 39.5 Å². The minimum atomic E-state index is -1.80. The van der Waals surface area contributed by atoms with Gasteiger partial charge in [-0.05, 0) is 18.6 Å². The van der Waals surface area contributed by atoms with Gasteiger partial charge in [0, 0.05) is 6.61 Å². The zero-order valence-electron chi connectivity index (χ0n) is 10.2. The first-order valence-electron chi connectivity index (χ1n) is 5.62. The summed E-state index contributed by atoms with van der Waals surface area (Å²) in [7, 11) is 0. The molecule has 0 bridgehead atoms. The van der Waals surface area contributed by atoms with Crippen molar-refractivity contribution in [2.24, 2.45) is 0 Å². The minimum Gasteiger partial charge on any atom is -0.507 e. The van der Waals surface area contributed by atoms with Crippen LogP contribution in [0.2, 0.25) is 0 Å². The van der Waals surface area contributed by atoms with E-state index in [1.807, 2.05) is 6.92 Å². The van der Waals surface area contributed by atoms with Crippen molar-refractivity contribution in [3.05, 3.63) is 29.8 Å². The topological polar surface area (TPSA) is 58.6 Å². The highest BCUT2D eigenvalue weighted by Crippen LogP contribution is 2.28. The lowest BCUT2D eigenvalue weighted by Gasteiger charge is -2.26. The molecule has 106 valence electrons. The van der Waals surface area contributed by atoms with Crippen LogP contribution in [-0.2, 0) is 4.74 Å². The van der Waals surface area contributed by atoms with Gasteiger partial charge in [0.2, 0.25) is 4.46 Å². The third-order valence-electron chi connectivity index (χ3n) is 2.18. The Balaban J connectivity index is 2.72. The smallest absolute Gasteiger partial charge is 0.257 e. The molecular weight excluding hydrogens is 312 g/mol. The van der Waals surface area contributed by atoms with Crippen LogP contribution < -0.4 is 5.32 Å². The van der Waals surface area contributed by atoms with E-state index >= 15 is 0 Å². The van der Waals surface area contributed by atoms with Gasteiger partial charge in [0.15, 0.2) is 5.56 Å². The van der Waals surface area contributed by atoms with Gasteiger partial charge in [-0.15, -0.1) is 0 Å². The largest absolute Gasteiger partial charge is 0.507 e. The maximum absolute atomic E-state index is 11.9. The molecule has 0 aliphatic heterocycles. The monoisotopic (exact) mass is 325 g/mol. The van der Waals surface area contributed by atoms with Crippen LogP contribution in [-0.4, -0.2) is 27.6 Å². The van der Waals surface area contributed by atoms with Crippen molar-refractivity contribution >= 4 is 40.7 Å². The molecule has 0 saturated heterocycles. The molecule has 0 aromatic heterocycles. The molecule has 0 aliphatic carbocycles. The first-order valence-corrected chi connectivity index (χ1v) is 6.81. The molecule has 4 nitrogen and oxygen atoms in total. The molecule has 1 atom stereocenters. The van der Waals surface area contributed by atoms with Gasteiger partial charge in [0.05, 0.1) is 5.56 Å². The van der Waals surface area contributed by atoms with Crippen molar-refractivity contribution in [1.29, 1.82) is 0 Å². The number of phenolic OH excluding ortho intramolecular Hbond substituents is 1. The fourth-order valence-corrected chi connectivity index (χ4v) is 1.71. The minimum absolute atomic E-state index is 0.0486. The van der Waals surface area contributed by atoms with E-state index < -0.39 is 15.9 Å². The van der Waals surface area contributed by atoms with Crippen molar-refractivity contribution in [2.75, 3.05) is 6.61 Å². The predicted molar refractivity (Wildman–Crippen MR) is 75.9 cm³/mol. The molecule has 19 heavy (non-hydrogen) atoms. The van der Waals surface area contributed by atoms with Crippen LogP contribution in [0.1, 0.15) is 23.7 Å². The Labute approximate surface area is 126 Å². The number of para-hydroxylation sites is 1. The molecule has 2 N–H and O–H groups in total. The van der Waals surface area contributed by atoms with E-state index in [1.165, 1.54) is 12.1 Å². The number of hydrogen-bond donors (Lipinski definition) is 2. The zero-order chi connectivity index (χ0) is 14.5. The van der Waals surface area contributed by atoms with Crippen molar-refractivity contribution in [3.8, 4) is 5.75 Å². The normalized spacial score (nSPS) is 13.1. The van der Waals surface area contributed by atoms with E-state index in [0.29, 0.717) is 6.61 Å². The Bertz CT molecular complexity index is 440. The first-order chi connectivity index (χ1) is 8.88. The molecular formula is C12H14Cl3NO3. The summed E-state index contributed by atoms with van der Waals surface area (Å²) in [4.78, 5) is 11.9. The number of benzene rings is 1. The summed E-state index contributed by atoms with van der Waals surface area (Å²) in [5, 5.41) is 11.8. The fourth-order valence-electron chi connectivity index (χ4n) is 1.27. The Kier molecular flexibility index (Phi) is 6.20. The Morgan fingerprint density at radius 3 is 2.68 bits per heavy atom. The van der Waals surface area contributed by atoms with E-state index in [2.05, 4.69) is 5.32 Å². The zero-order valence-corrected chi connectivity index (χ0v) is 12.5. The summed E-state index contributed by atoms with van der Waals surface area (Å²) in [6.07, 6.45) is 0.737. The van der Waals surface area contributed by atoms with E-state index in [9.17, 15) is 9.90 Å². The third-order valence-corrected chi connectivity index (χ3v) is 3.44. The number of carbonyl (C=O) groups is 1. The number of nitrogens with one attached hydrogen (secondary N) is 1. The molecule has 1 aromatic carbocycles. The SMILES string of the molecule is CCCOC(Cl)C(Cl)(Cl)NC(=O)c1ccccc1O. The molecule has 1 aromatic rings. The number of amides is 1. The second-order valence-electron chi connectivity index (χ2n) is 3.78. The summed E-state index contributed by atoms with van der Waals surface area (Å²) >= 11 is 17.7. The van der Waals surface area contributed by atoms with E-state index in [-0.39, 0.29) is 11.3 Å². The van der Waals surface area contributed by atoms with E-state index in [1.54, 1.807) is 12.1 Å². The number of aromatic hydroxyl groups is 1. The predicted octanol–water partition coefficient (Wildman–Crippen LogP) is 3.24. The van der Waals surface area contributed by atoms with Crippen molar-refractivity contribution in [1.82, 2.24) is 5.32 Å².